The number of methoxy groups -OCH3 is 1. The van der Waals surface area contributed by atoms with Gasteiger partial charge in [-0.3, -0.25) is 4.79 Å². The number of rotatable bonds is 2. The zero-order valence-electron chi connectivity index (χ0n) is 13.2. The minimum atomic E-state index is 0.166. The van der Waals surface area contributed by atoms with Crippen LogP contribution in [0.4, 0.5) is 0 Å². The number of aromatic nitrogens is 3. The largest absolute Gasteiger partial charge is 0.497 e. The molecule has 0 fully saturated rings. The summed E-state index contributed by atoms with van der Waals surface area (Å²) >= 11 is 0. The zero-order valence-corrected chi connectivity index (χ0v) is 13.2. The first-order valence-corrected chi connectivity index (χ1v) is 7.74. The van der Waals surface area contributed by atoms with E-state index < -0.39 is 0 Å². The van der Waals surface area contributed by atoms with Crippen molar-refractivity contribution in [3.8, 4) is 16.9 Å². The van der Waals surface area contributed by atoms with Crippen LogP contribution in [0.1, 0.15) is 34.6 Å². The predicted molar refractivity (Wildman–Crippen MR) is 87.0 cm³/mol. The number of hydrogen-bond donors (Lipinski definition) is 0. The number of Topliss-reactive ketones (excluding diaryl/α,β-unsaturated/α-hetero) is 1. The molecule has 23 heavy (non-hydrogen) atoms. The molecule has 0 saturated heterocycles. The summed E-state index contributed by atoms with van der Waals surface area (Å²) < 4.78 is 7.07. The summed E-state index contributed by atoms with van der Waals surface area (Å²) in [4.78, 5) is 16.6. The number of nitrogens with zero attached hydrogens (tertiary/aromatic N) is 3. The van der Waals surface area contributed by atoms with Crippen LogP contribution in [0, 0.1) is 6.92 Å². The summed E-state index contributed by atoms with van der Waals surface area (Å²) in [5, 5.41) is 4.65. The van der Waals surface area contributed by atoms with Gasteiger partial charge in [-0.15, -0.1) is 0 Å². The van der Waals surface area contributed by atoms with E-state index in [1.165, 1.54) is 0 Å². The Labute approximate surface area is 133 Å². The van der Waals surface area contributed by atoms with Gasteiger partial charge in [-0.1, -0.05) is 12.1 Å². The third kappa shape index (κ3) is 2.11. The van der Waals surface area contributed by atoms with Gasteiger partial charge < -0.3 is 4.74 Å². The molecule has 5 nitrogen and oxygen atoms in total. The van der Waals surface area contributed by atoms with Crippen LogP contribution >= 0.6 is 0 Å². The Kier molecular flexibility index (Phi) is 3.15. The maximum absolute atomic E-state index is 12.1. The number of ketones is 1. The number of fused-ring (bicyclic) bond motifs is 3. The number of ether oxygens (including phenoxy) is 1. The van der Waals surface area contributed by atoms with E-state index in [2.05, 4.69) is 10.1 Å². The average Bonchev–Trinajstić information content (AvgIpc) is 2.92. The van der Waals surface area contributed by atoms with Crippen molar-refractivity contribution < 1.29 is 9.53 Å². The molecule has 0 bridgehead atoms. The lowest BCUT2D eigenvalue weighted by Gasteiger charge is -2.15. The van der Waals surface area contributed by atoms with Crippen LogP contribution in [0.15, 0.2) is 30.5 Å². The van der Waals surface area contributed by atoms with Gasteiger partial charge in [0, 0.05) is 18.2 Å². The quantitative estimate of drug-likeness (QED) is 0.729. The molecular formula is C18H17N3O2. The smallest absolute Gasteiger partial charge is 0.166 e. The van der Waals surface area contributed by atoms with E-state index in [1.54, 1.807) is 13.3 Å². The summed E-state index contributed by atoms with van der Waals surface area (Å²) in [6.45, 7) is 1.98. The Bertz CT molecular complexity index is 910. The summed E-state index contributed by atoms with van der Waals surface area (Å²) in [7, 11) is 1.65. The Balaban J connectivity index is 1.94. The van der Waals surface area contributed by atoms with Gasteiger partial charge in [0.25, 0.3) is 0 Å². The minimum Gasteiger partial charge on any atom is -0.497 e. The van der Waals surface area contributed by atoms with Crippen LogP contribution < -0.4 is 4.74 Å². The molecule has 2 aromatic heterocycles. The van der Waals surface area contributed by atoms with Crippen LogP contribution in [-0.2, 0) is 6.42 Å². The molecule has 0 amide bonds. The van der Waals surface area contributed by atoms with Crippen LogP contribution in [-0.4, -0.2) is 27.5 Å². The molecule has 0 unspecified atom stereocenters. The molecule has 0 atom stereocenters. The van der Waals surface area contributed by atoms with Crippen LogP contribution in [0.5, 0.6) is 5.75 Å². The topological polar surface area (TPSA) is 56.5 Å². The van der Waals surface area contributed by atoms with Gasteiger partial charge in [0.2, 0.25) is 0 Å². The van der Waals surface area contributed by atoms with Gasteiger partial charge in [0.05, 0.1) is 24.1 Å². The predicted octanol–water partition coefficient (Wildman–Crippen LogP) is 3.23. The number of benzene rings is 1. The first-order chi connectivity index (χ1) is 11.2. The summed E-state index contributed by atoms with van der Waals surface area (Å²) in [6.07, 6.45) is 4.05. The molecule has 1 aromatic carbocycles. The van der Waals surface area contributed by atoms with Crippen molar-refractivity contribution in [1.29, 1.82) is 0 Å². The van der Waals surface area contributed by atoms with Crippen molar-refractivity contribution in [2.24, 2.45) is 0 Å². The monoisotopic (exact) mass is 307 g/mol. The van der Waals surface area contributed by atoms with E-state index in [0.717, 1.165) is 46.8 Å². The molecule has 4 rings (SSSR count). The normalized spacial score (nSPS) is 14.1. The van der Waals surface area contributed by atoms with Gasteiger partial charge in [-0.25, -0.2) is 9.50 Å². The third-order valence-electron chi connectivity index (χ3n) is 4.42. The summed E-state index contributed by atoms with van der Waals surface area (Å²) in [5.41, 5.74) is 5.47. The van der Waals surface area contributed by atoms with Crippen molar-refractivity contribution in [3.63, 3.8) is 0 Å². The highest BCUT2D eigenvalue weighted by molar-refractivity contribution is 5.98. The highest BCUT2D eigenvalue weighted by Crippen LogP contribution is 2.31. The Morgan fingerprint density at radius 2 is 1.96 bits per heavy atom. The van der Waals surface area contributed by atoms with E-state index in [-0.39, 0.29) is 5.78 Å². The fraction of sp³-hybridized carbons (Fsp3) is 0.278. The highest BCUT2D eigenvalue weighted by Gasteiger charge is 2.23. The number of carbonyl (C=O) groups is 1. The molecule has 0 spiro atoms. The molecule has 116 valence electrons. The first kappa shape index (κ1) is 13.9. The lowest BCUT2D eigenvalue weighted by Crippen LogP contribution is -2.16. The van der Waals surface area contributed by atoms with Crippen LogP contribution in [0.25, 0.3) is 16.8 Å². The second-order valence-electron chi connectivity index (χ2n) is 5.82. The van der Waals surface area contributed by atoms with Gasteiger partial charge >= 0.3 is 0 Å². The van der Waals surface area contributed by atoms with Crippen molar-refractivity contribution in [2.45, 2.75) is 26.2 Å². The second kappa shape index (κ2) is 5.19. The molecular weight excluding hydrogens is 290 g/mol. The fourth-order valence-corrected chi connectivity index (χ4v) is 3.26. The summed E-state index contributed by atoms with van der Waals surface area (Å²) in [6, 6.07) is 7.88. The third-order valence-corrected chi connectivity index (χ3v) is 4.42. The highest BCUT2D eigenvalue weighted by atomic mass is 16.5. The Hall–Kier alpha value is -2.69. The summed E-state index contributed by atoms with van der Waals surface area (Å²) in [5.74, 6) is 0.985. The fourth-order valence-electron chi connectivity index (χ4n) is 3.26. The van der Waals surface area contributed by atoms with E-state index in [1.807, 2.05) is 35.7 Å². The zero-order chi connectivity index (χ0) is 16.0. The van der Waals surface area contributed by atoms with Crippen molar-refractivity contribution in [3.05, 3.63) is 47.4 Å². The van der Waals surface area contributed by atoms with E-state index >= 15 is 0 Å². The molecule has 1 aliphatic carbocycles. The maximum atomic E-state index is 12.1. The van der Waals surface area contributed by atoms with E-state index in [0.29, 0.717) is 12.0 Å². The van der Waals surface area contributed by atoms with Crippen molar-refractivity contribution >= 4 is 11.4 Å². The molecule has 3 aromatic rings. The average molecular weight is 307 g/mol. The second-order valence-corrected chi connectivity index (χ2v) is 5.82. The van der Waals surface area contributed by atoms with Gasteiger partial charge in [-0.2, -0.15) is 5.10 Å². The van der Waals surface area contributed by atoms with Gasteiger partial charge in [-0.05, 0) is 37.5 Å². The Morgan fingerprint density at radius 1 is 1.17 bits per heavy atom. The van der Waals surface area contributed by atoms with Crippen molar-refractivity contribution in [2.75, 3.05) is 7.11 Å². The van der Waals surface area contributed by atoms with E-state index in [9.17, 15) is 4.79 Å². The van der Waals surface area contributed by atoms with Gasteiger partial charge in [0.15, 0.2) is 11.4 Å². The van der Waals surface area contributed by atoms with Crippen molar-refractivity contribution in [1.82, 2.24) is 14.6 Å². The molecule has 0 radical (unpaired) electrons. The van der Waals surface area contributed by atoms with Crippen LogP contribution in [0.3, 0.4) is 0 Å². The molecule has 1 aliphatic rings. The number of carbonyl (C=O) groups excluding carboxylic acids is 1. The van der Waals surface area contributed by atoms with E-state index in [4.69, 9.17) is 4.74 Å². The van der Waals surface area contributed by atoms with Gasteiger partial charge in [0.1, 0.15) is 5.75 Å². The molecule has 0 N–H and O–H groups in total. The first-order valence-electron chi connectivity index (χ1n) is 7.74. The minimum absolute atomic E-state index is 0.166. The molecule has 0 aliphatic heterocycles. The SMILES string of the molecule is COc1ccc(-c2c(C)nn3c4c(cnc23)C(=O)CCC4)cc1. The lowest BCUT2D eigenvalue weighted by molar-refractivity contribution is 0.0970. The molecule has 2 heterocycles. The standard InChI is InChI=1S/C18H17N3O2/c1-11-17(12-6-8-13(23-2)9-7-12)18-19-10-14-15(21(18)20-11)4-3-5-16(14)22/h6-10H,3-5H2,1-2H3. The maximum Gasteiger partial charge on any atom is 0.166 e. The number of aryl methyl sites for hydroxylation is 2. The van der Waals surface area contributed by atoms with Crippen LogP contribution in [0.2, 0.25) is 0 Å². The lowest BCUT2D eigenvalue weighted by atomic mass is 9.96. The Morgan fingerprint density at radius 3 is 2.70 bits per heavy atom. The molecule has 0 saturated carbocycles. The number of hydrogen-bond acceptors (Lipinski definition) is 4. The molecule has 5 heteroatoms.